The number of nitrogens with zero attached hydrogens (tertiary/aromatic N) is 4. The van der Waals surface area contributed by atoms with Crippen LogP contribution >= 0.6 is 0 Å². The molecule has 0 N–H and O–H groups in total. The molecule has 1 atom stereocenters. The molecule has 1 aliphatic carbocycles. The zero-order valence-electron chi connectivity index (χ0n) is 12.6. The van der Waals surface area contributed by atoms with Gasteiger partial charge in [-0.15, -0.1) is 0 Å². The van der Waals surface area contributed by atoms with Gasteiger partial charge in [0.2, 0.25) is 10.0 Å². The highest BCUT2D eigenvalue weighted by atomic mass is 32.2. The predicted molar refractivity (Wildman–Crippen MR) is 81.7 cm³/mol. The average molecular weight is 310 g/mol. The number of likely N-dealkylation sites (N-methyl/N-ethyl adjacent to an activating group) is 1. The Morgan fingerprint density at radius 1 is 1.33 bits per heavy atom. The first-order valence-corrected chi connectivity index (χ1v) is 9.00. The van der Waals surface area contributed by atoms with E-state index < -0.39 is 10.0 Å². The Labute approximate surface area is 126 Å². The minimum Gasteiger partial charge on any atom is -0.355 e. The van der Waals surface area contributed by atoms with Gasteiger partial charge in [-0.1, -0.05) is 0 Å². The van der Waals surface area contributed by atoms with E-state index in [9.17, 15) is 8.42 Å². The largest absolute Gasteiger partial charge is 0.355 e. The molecule has 1 aromatic rings. The number of hydrogen-bond acceptors (Lipinski definition) is 5. The van der Waals surface area contributed by atoms with Crippen molar-refractivity contribution in [2.45, 2.75) is 43.9 Å². The lowest BCUT2D eigenvalue weighted by atomic mass is 10.1. The lowest BCUT2D eigenvalue weighted by molar-refractivity contribution is 0.319. The third-order valence-electron chi connectivity index (χ3n) is 4.34. The first-order valence-electron chi connectivity index (χ1n) is 7.50. The second kappa shape index (κ2) is 5.53. The minimum absolute atomic E-state index is 0.0413. The molecule has 0 aromatic carbocycles. The topological polar surface area (TPSA) is 66.4 Å². The number of anilines is 1. The molecule has 2 aliphatic rings. The van der Waals surface area contributed by atoms with E-state index >= 15 is 0 Å². The van der Waals surface area contributed by atoms with Gasteiger partial charge in [0.1, 0.15) is 11.6 Å². The zero-order chi connectivity index (χ0) is 15.0. The van der Waals surface area contributed by atoms with E-state index in [-0.39, 0.29) is 11.3 Å². The molecule has 0 amide bonds. The Morgan fingerprint density at radius 3 is 2.76 bits per heavy atom. The van der Waals surface area contributed by atoms with Crippen molar-refractivity contribution < 1.29 is 8.42 Å². The second-order valence-corrected chi connectivity index (χ2v) is 8.24. The number of aryl methyl sites for hydroxylation is 1. The van der Waals surface area contributed by atoms with E-state index in [1.165, 1.54) is 0 Å². The maximum Gasteiger partial charge on any atom is 0.217 e. The van der Waals surface area contributed by atoms with Crippen molar-refractivity contribution in [1.29, 1.82) is 0 Å². The summed E-state index contributed by atoms with van der Waals surface area (Å²) in [5.74, 6) is 1.64. The number of piperidine rings is 1. The Balaban J connectivity index is 1.74. The van der Waals surface area contributed by atoms with E-state index in [2.05, 4.69) is 14.9 Å². The summed E-state index contributed by atoms with van der Waals surface area (Å²) in [5.41, 5.74) is 0. The molecule has 1 saturated heterocycles. The van der Waals surface area contributed by atoms with Gasteiger partial charge in [-0.2, -0.15) is 4.31 Å². The van der Waals surface area contributed by atoms with Gasteiger partial charge in [0.15, 0.2) is 0 Å². The van der Waals surface area contributed by atoms with Crippen molar-refractivity contribution in [3.05, 3.63) is 18.1 Å². The summed E-state index contributed by atoms with van der Waals surface area (Å²) in [5, 5.41) is -0.140. The fourth-order valence-corrected chi connectivity index (χ4v) is 4.68. The maximum atomic E-state index is 12.4. The molecule has 1 aliphatic heterocycles. The van der Waals surface area contributed by atoms with Crippen molar-refractivity contribution in [3.8, 4) is 0 Å². The van der Waals surface area contributed by atoms with E-state index in [4.69, 9.17) is 0 Å². The van der Waals surface area contributed by atoms with Crippen molar-refractivity contribution in [2.75, 3.05) is 25.0 Å². The summed E-state index contributed by atoms with van der Waals surface area (Å²) < 4.78 is 26.3. The van der Waals surface area contributed by atoms with Gasteiger partial charge in [-0.25, -0.2) is 18.4 Å². The third-order valence-corrected chi connectivity index (χ3v) is 6.76. The normalized spacial score (nSPS) is 23.6. The summed E-state index contributed by atoms with van der Waals surface area (Å²) in [4.78, 5) is 10.7. The molecule has 0 bridgehead atoms. The smallest absolute Gasteiger partial charge is 0.217 e. The molecular formula is C14H22N4O2S. The first kappa shape index (κ1) is 14.7. The van der Waals surface area contributed by atoms with Gasteiger partial charge in [0, 0.05) is 32.4 Å². The number of rotatable bonds is 4. The number of aromatic nitrogens is 2. The maximum absolute atomic E-state index is 12.4. The van der Waals surface area contributed by atoms with E-state index in [1.807, 2.05) is 13.0 Å². The monoisotopic (exact) mass is 310 g/mol. The zero-order valence-corrected chi connectivity index (χ0v) is 13.4. The molecule has 2 heterocycles. The summed E-state index contributed by atoms with van der Waals surface area (Å²) in [7, 11) is -1.38. The van der Waals surface area contributed by atoms with Gasteiger partial charge in [0.25, 0.3) is 0 Å². The summed E-state index contributed by atoms with van der Waals surface area (Å²) in [6.45, 7) is 3.50. The van der Waals surface area contributed by atoms with Crippen LogP contribution in [0.15, 0.2) is 12.3 Å². The summed E-state index contributed by atoms with van der Waals surface area (Å²) in [6.07, 6.45) is 5.29. The van der Waals surface area contributed by atoms with E-state index in [0.29, 0.717) is 6.54 Å². The highest BCUT2D eigenvalue weighted by molar-refractivity contribution is 7.90. The van der Waals surface area contributed by atoms with Crippen LogP contribution < -0.4 is 4.90 Å². The standard InChI is InChI=1S/C14H22N4O2S/c1-11-15-8-7-14(16-11)18-9-3-4-12(10-18)17(2)21(19,20)13-5-6-13/h7-8,12-13H,3-6,9-10H2,1-2H3. The fraction of sp³-hybridized carbons (Fsp3) is 0.714. The molecule has 0 spiro atoms. The predicted octanol–water partition coefficient (Wildman–Crippen LogP) is 1.18. The molecule has 7 heteroatoms. The highest BCUT2D eigenvalue weighted by Crippen LogP contribution is 2.32. The number of hydrogen-bond donors (Lipinski definition) is 0. The molecule has 1 saturated carbocycles. The van der Waals surface area contributed by atoms with Crippen LogP contribution in [0, 0.1) is 6.92 Å². The SMILES string of the molecule is Cc1nccc(N2CCCC(N(C)S(=O)(=O)C3CC3)C2)n1. The minimum atomic E-state index is -3.11. The average Bonchev–Trinajstić information content (AvgIpc) is 3.31. The first-order chi connectivity index (χ1) is 9.98. The van der Waals surface area contributed by atoms with Gasteiger partial charge >= 0.3 is 0 Å². The van der Waals surface area contributed by atoms with Crippen LogP contribution in [0.1, 0.15) is 31.5 Å². The number of sulfonamides is 1. The van der Waals surface area contributed by atoms with Crippen LogP contribution in [-0.4, -0.2) is 54.1 Å². The fourth-order valence-electron chi connectivity index (χ4n) is 2.89. The molecular weight excluding hydrogens is 288 g/mol. The molecule has 1 unspecified atom stereocenters. The molecule has 116 valence electrons. The second-order valence-electron chi connectivity index (χ2n) is 5.96. The van der Waals surface area contributed by atoms with Gasteiger partial charge in [0.05, 0.1) is 5.25 Å². The molecule has 2 fully saturated rings. The van der Waals surface area contributed by atoms with Crippen LogP contribution in [-0.2, 0) is 10.0 Å². The molecule has 0 radical (unpaired) electrons. The van der Waals surface area contributed by atoms with Crippen LogP contribution in [0.4, 0.5) is 5.82 Å². The van der Waals surface area contributed by atoms with Crippen LogP contribution in [0.3, 0.4) is 0 Å². The Hall–Kier alpha value is -1.21. The van der Waals surface area contributed by atoms with Gasteiger partial charge < -0.3 is 4.90 Å². The van der Waals surface area contributed by atoms with Crippen LogP contribution in [0.5, 0.6) is 0 Å². The summed E-state index contributed by atoms with van der Waals surface area (Å²) >= 11 is 0. The Bertz CT molecular complexity index is 615. The quantitative estimate of drug-likeness (QED) is 0.835. The Kier molecular flexibility index (Phi) is 3.88. The highest BCUT2D eigenvalue weighted by Gasteiger charge is 2.41. The molecule has 21 heavy (non-hydrogen) atoms. The van der Waals surface area contributed by atoms with Crippen molar-refractivity contribution >= 4 is 15.8 Å². The van der Waals surface area contributed by atoms with E-state index in [1.54, 1.807) is 17.5 Å². The lowest BCUT2D eigenvalue weighted by Gasteiger charge is -2.37. The molecule has 3 rings (SSSR count). The van der Waals surface area contributed by atoms with Crippen molar-refractivity contribution in [1.82, 2.24) is 14.3 Å². The third kappa shape index (κ3) is 3.03. The molecule has 6 nitrogen and oxygen atoms in total. The van der Waals surface area contributed by atoms with Crippen molar-refractivity contribution in [3.63, 3.8) is 0 Å². The van der Waals surface area contributed by atoms with E-state index in [0.717, 1.165) is 43.9 Å². The van der Waals surface area contributed by atoms with Crippen LogP contribution in [0.25, 0.3) is 0 Å². The molecule has 1 aromatic heterocycles. The lowest BCUT2D eigenvalue weighted by Crippen LogP contribution is -2.49. The van der Waals surface area contributed by atoms with Crippen molar-refractivity contribution in [2.24, 2.45) is 0 Å². The Morgan fingerprint density at radius 2 is 2.10 bits per heavy atom. The van der Waals surface area contributed by atoms with Crippen LogP contribution in [0.2, 0.25) is 0 Å². The van der Waals surface area contributed by atoms with Gasteiger partial charge in [-0.3, -0.25) is 0 Å². The summed E-state index contributed by atoms with van der Waals surface area (Å²) in [6, 6.07) is 1.93. The van der Waals surface area contributed by atoms with Gasteiger partial charge in [-0.05, 0) is 38.7 Å².